The molecule has 1 aromatic carbocycles. The number of carbonyl (C=O) groups is 1. The molecule has 1 rings (SSSR count). The van der Waals surface area contributed by atoms with Gasteiger partial charge >= 0.3 is 0 Å². The largest absolute Gasteiger partial charge is 0.507 e. The number of aromatic hydroxyl groups is 1. The molecule has 0 bridgehead atoms. The Kier molecular flexibility index (Phi) is 11.8. The minimum atomic E-state index is 0.0994. The summed E-state index contributed by atoms with van der Waals surface area (Å²) in [5.41, 5.74) is 1.48. The molecule has 2 heteroatoms. The van der Waals surface area contributed by atoms with Crippen molar-refractivity contribution < 1.29 is 9.90 Å². The molecule has 0 fully saturated rings. The van der Waals surface area contributed by atoms with Gasteiger partial charge in [-0.15, -0.1) is 0 Å². The molecular weight excluding hydrogens is 296 g/mol. The number of benzene rings is 1. The van der Waals surface area contributed by atoms with Crippen molar-refractivity contribution in [2.75, 3.05) is 0 Å². The summed E-state index contributed by atoms with van der Waals surface area (Å²) in [6.45, 7) is 2.26. The van der Waals surface area contributed by atoms with Gasteiger partial charge in [0.15, 0.2) is 6.29 Å². The van der Waals surface area contributed by atoms with Gasteiger partial charge in [-0.3, -0.25) is 4.79 Å². The van der Waals surface area contributed by atoms with E-state index < -0.39 is 0 Å². The van der Waals surface area contributed by atoms with Gasteiger partial charge in [0.2, 0.25) is 0 Å². The van der Waals surface area contributed by atoms with Crippen LogP contribution in [0.15, 0.2) is 30.4 Å². The van der Waals surface area contributed by atoms with Gasteiger partial charge in [0.1, 0.15) is 5.75 Å². The molecule has 2 nitrogen and oxygen atoms in total. The maximum atomic E-state index is 10.7. The summed E-state index contributed by atoms with van der Waals surface area (Å²) >= 11 is 0. The van der Waals surface area contributed by atoms with Crippen molar-refractivity contribution in [1.29, 1.82) is 0 Å². The minimum Gasteiger partial charge on any atom is -0.507 e. The zero-order valence-corrected chi connectivity index (χ0v) is 15.3. The van der Waals surface area contributed by atoms with Gasteiger partial charge in [-0.1, -0.05) is 63.7 Å². The van der Waals surface area contributed by atoms with E-state index in [4.69, 9.17) is 0 Å². The molecule has 1 aromatic rings. The van der Waals surface area contributed by atoms with E-state index in [1.807, 2.05) is 6.07 Å². The number of phenols is 1. The molecule has 1 N–H and O–H groups in total. The first-order valence-electron chi connectivity index (χ1n) is 9.70. The van der Waals surface area contributed by atoms with Crippen LogP contribution in [-0.4, -0.2) is 11.4 Å². The number of rotatable bonds is 14. The van der Waals surface area contributed by atoms with E-state index in [2.05, 4.69) is 19.1 Å². The fraction of sp³-hybridized carbons (Fsp3) is 0.591. The third-order valence-corrected chi connectivity index (χ3v) is 4.45. The van der Waals surface area contributed by atoms with Crippen molar-refractivity contribution in [2.45, 2.75) is 84.0 Å². The minimum absolute atomic E-state index is 0.0994. The quantitative estimate of drug-likeness (QED) is 0.236. The smallest absolute Gasteiger partial charge is 0.153 e. The van der Waals surface area contributed by atoms with Crippen molar-refractivity contribution in [2.24, 2.45) is 0 Å². The van der Waals surface area contributed by atoms with Gasteiger partial charge in [-0.25, -0.2) is 0 Å². The molecule has 0 aliphatic carbocycles. The van der Waals surface area contributed by atoms with Crippen molar-refractivity contribution in [3.05, 3.63) is 41.5 Å². The van der Waals surface area contributed by atoms with Gasteiger partial charge in [-0.2, -0.15) is 0 Å². The summed E-state index contributed by atoms with van der Waals surface area (Å²) in [5, 5.41) is 9.66. The van der Waals surface area contributed by atoms with E-state index in [9.17, 15) is 9.90 Å². The topological polar surface area (TPSA) is 37.3 Å². The van der Waals surface area contributed by atoms with E-state index in [0.717, 1.165) is 18.4 Å². The summed E-state index contributed by atoms with van der Waals surface area (Å²) in [4.78, 5) is 10.7. The monoisotopic (exact) mass is 330 g/mol. The first-order chi connectivity index (χ1) is 11.8. The molecular formula is C22H34O2. The fourth-order valence-corrected chi connectivity index (χ4v) is 2.89. The molecule has 134 valence electrons. The molecule has 0 saturated heterocycles. The van der Waals surface area contributed by atoms with Crippen molar-refractivity contribution in [1.82, 2.24) is 0 Å². The van der Waals surface area contributed by atoms with Crippen LogP contribution in [0.1, 0.15) is 93.5 Å². The van der Waals surface area contributed by atoms with Gasteiger partial charge in [-0.05, 0) is 56.2 Å². The number of aryl methyl sites for hydroxylation is 1. The molecule has 24 heavy (non-hydrogen) atoms. The average molecular weight is 331 g/mol. The van der Waals surface area contributed by atoms with Crippen LogP contribution in [0.4, 0.5) is 0 Å². The van der Waals surface area contributed by atoms with E-state index in [1.54, 1.807) is 12.1 Å². The summed E-state index contributed by atoms with van der Waals surface area (Å²) in [5.74, 6) is 0.0994. The zero-order valence-electron chi connectivity index (χ0n) is 15.3. The number of hydrogen-bond acceptors (Lipinski definition) is 2. The highest BCUT2D eigenvalue weighted by Gasteiger charge is 2.01. The summed E-state index contributed by atoms with van der Waals surface area (Å²) in [6.07, 6.45) is 20.5. The molecule has 0 spiro atoms. The van der Waals surface area contributed by atoms with Crippen LogP contribution in [0, 0.1) is 0 Å². The maximum Gasteiger partial charge on any atom is 0.153 e. The highest BCUT2D eigenvalue weighted by molar-refractivity contribution is 5.79. The van der Waals surface area contributed by atoms with Crippen LogP contribution in [0.2, 0.25) is 0 Å². The molecule has 0 aliphatic heterocycles. The number of aldehydes is 1. The third kappa shape index (κ3) is 9.54. The van der Waals surface area contributed by atoms with Crippen molar-refractivity contribution in [3.8, 4) is 5.75 Å². The summed E-state index contributed by atoms with van der Waals surface area (Å²) in [7, 11) is 0. The van der Waals surface area contributed by atoms with Crippen LogP contribution in [0.25, 0.3) is 0 Å². The summed E-state index contributed by atoms with van der Waals surface area (Å²) in [6, 6.07) is 5.35. The SMILES string of the molecule is CCCCCCCC=CCCCCCCc1ccc(C=O)c(O)c1. The third-order valence-electron chi connectivity index (χ3n) is 4.45. The molecule has 0 amide bonds. The van der Waals surface area contributed by atoms with Gasteiger partial charge in [0.05, 0.1) is 5.56 Å². The van der Waals surface area contributed by atoms with Crippen LogP contribution >= 0.6 is 0 Å². The zero-order chi connectivity index (χ0) is 17.5. The van der Waals surface area contributed by atoms with Crippen LogP contribution in [0.5, 0.6) is 5.75 Å². The predicted octanol–water partition coefficient (Wildman–Crippen LogP) is 6.61. The molecule has 0 aromatic heterocycles. The second-order valence-corrected chi connectivity index (χ2v) is 6.64. The standard InChI is InChI=1S/C22H34O2/c1-2-3-4-5-6-7-8-9-10-11-12-13-14-15-20-16-17-21(19-23)22(24)18-20/h8-9,16-19,24H,2-7,10-15H2,1H3. The molecule has 0 unspecified atom stereocenters. The highest BCUT2D eigenvalue weighted by Crippen LogP contribution is 2.18. The Balaban J connectivity index is 1.97. The van der Waals surface area contributed by atoms with Gasteiger partial charge in [0, 0.05) is 0 Å². The Morgan fingerprint density at radius 2 is 1.50 bits per heavy atom. The van der Waals surface area contributed by atoms with Gasteiger partial charge in [0.25, 0.3) is 0 Å². The normalized spacial score (nSPS) is 11.2. The van der Waals surface area contributed by atoms with E-state index in [0.29, 0.717) is 11.8 Å². The van der Waals surface area contributed by atoms with Crippen LogP contribution in [-0.2, 0) is 6.42 Å². The Morgan fingerprint density at radius 1 is 0.875 bits per heavy atom. The molecule has 0 saturated carbocycles. The first kappa shape index (κ1) is 20.5. The fourth-order valence-electron chi connectivity index (χ4n) is 2.89. The lowest BCUT2D eigenvalue weighted by Gasteiger charge is -2.04. The second-order valence-electron chi connectivity index (χ2n) is 6.64. The Morgan fingerprint density at radius 3 is 2.08 bits per heavy atom. The number of allylic oxidation sites excluding steroid dienone is 2. The molecule has 0 aliphatic rings. The second kappa shape index (κ2) is 13.8. The number of carbonyl (C=O) groups excluding carboxylic acids is 1. The lowest BCUT2D eigenvalue weighted by atomic mass is 10.0. The van der Waals surface area contributed by atoms with Crippen LogP contribution < -0.4 is 0 Å². The van der Waals surface area contributed by atoms with Crippen molar-refractivity contribution >= 4 is 6.29 Å². The molecule has 0 heterocycles. The van der Waals surface area contributed by atoms with E-state index >= 15 is 0 Å². The molecule has 0 radical (unpaired) electrons. The molecule has 0 atom stereocenters. The van der Waals surface area contributed by atoms with E-state index in [-0.39, 0.29) is 5.75 Å². The summed E-state index contributed by atoms with van der Waals surface area (Å²) < 4.78 is 0. The predicted molar refractivity (Wildman–Crippen MR) is 103 cm³/mol. The number of phenolic OH excluding ortho intramolecular Hbond substituents is 1. The first-order valence-corrected chi connectivity index (χ1v) is 9.70. The maximum absolute atomic E-state index is 10.7. The van der Waals surface area contributed by atoms with Gasteiger partial charge < -0.3 is 5.11 Å². The van der Waals surface area contributed by atoms with Crippen LogP contribution in [0.3, 0.4) is 0 Å². The number of hydrogen-bond donors (Lipinski definition) is 1. The lowest BCUT2D eigenvalue weighted by Crippen LogP contribution is -1.88. The van der Waals surface area contributed by atoms with Crippen molar-refractivity contribution in [3.63, 3.8) is 0 Å². The Hall–Kier alpha value is -1.57. The van der Waals surface area contributed by atoms with E-state index in [1.165, 1.54) is 64.2 Å². The Bertz CT molecular complexity index is 477. The highest BCUT2D eigenvalue weighted by atomic mass is 16.3. The average Bonchev–Trinajstić information content (AvgIpc) is 2.59. The lowest BCUT2D eigenvalue weighted by molar-refractivity contribution is 0.112. The number of unbranched alkanes of at least 4 members (excludes halogenated alkanes) is 9. The Labute approximate surface area is 148 Å².